The third-order valence-corrected chi connectivity index (χ3v) is 7.77. The van der Waals surface area contributed by atoms with Crippen LogP contribution >= 0.6 is 0 Å². The average Bonchev–Trinajstić information content (AvgIpc) is 2.35. The summed E-state index contributed by atoms with van der Waals surface area (Å²) in [5.74, 6) is 0. The van der Waals surface area contributed by atoms with Gasteiger partial charge in [0.25, 0.3) is 0 Å². The number of rotatable bonds is 2. The van der Waals surface area contributed by atoms with Crippen LogP contribution in [0.4, 0.5) is 0 Å². The van der Waals surface area contributed by atoms with Crippen molar-refractivity contribution >= 4 is 8.32 Å². The highest BCUT2D eigenvalue weighted by atomic mass is 28.4. The van der Waals surface area contributed by atoms with Gasteiger partial charge in [-0.3, -0.25) is 0 Å². The van der Waals surface area contributed by atoms with E-state index in [4.69, 9.17) is 4.43 Å². The minimum atomic E-state index is -1.51. The first kappa shape index (κ1) is 11.0. The lowest BCUT2D eigenvalue weighted by Crippen LogP contribution is -2.43. The Hall–Kier alpha value is -0.0831. The number of hydrogen-bond acceptors (Lipinski definition) is 1. The molecule has 1 nitrogen and oxygen atoms in total. The van der Waals surface area contributed by atoms with Crippen LogP contribution < -0.4 is 0 Å². The van der Waals surface area contributed by atoms with Crippen molar-refractivity contribution in [3.63, 3.8) is 0 Å². The van der Waals surface area contributed by atoms with Crippen molar-refractivity contribution in [3.8, 4) is 0 Å². The van der Waals surface area contributed by atoms with Crippen LogP contribution in [-0.2, 0) is 4.43 Å². The first-order valence-corrected chi connectivity index (χ1v) is 8.06. The monoisotopic (exact) mass is 198 g/mol. The Labute approximate surface area is 83.3 Å². The van der Waals surface area contributed by atoms with E-state index in [9.17, 15) is 0 Å². The van der Waals surface area contributed by atoms with Gasteiger partial charge < -0.3 is 4.43 Å². The van der Waals surface area contributed by atoms with Gasteiger partial charge >= 0.3 is 0 Å². The summed E-state index contributed by atoms with van der Waals surface area (Å²) in [7, 11) is -1.51. The van der Waals surface area contributed by atoms with E-state index in [1.54, 1.807) is 0 Å². The van der Waals surface area contributed by atoms with Crippen molar-refractivity contribution in [2.24, 2.45) is 0 Å². The second-order valence-electron chi connectivity index (χ2n) is 5.44. The molecule has 1 aliphatic rings. The molecule has 0 aromatic carbocycles. The minimum Gasteiger partial charge on any atom is -0.562 e. The average molecular weight is 198 g/mol. The smallest absolute Gasteiger partial charge is 0.0224 e. The van der Waals surface area contributed by atoms with E-state index >= 15 is 0 Å². The topological polar surface area (TPSA) is 9.23 Å². The van der Waals surface area contributed by atoms with Crippen molar-refractivity contribution in [2.45, 2.75) is 57.8 Å². The Balaban J connectivity index is 2.51. The van der Waals surface area contributed by atoms with Gasteiger partial charge in [-0.1, -0.05) is 32.9 Å². The van der Waals surface area contributed by atoms with Crippen LogP contribution in [-0.4, -0.2) is 14.4 Å². The van der Waals surface area contributed by atoms with Crippen molar-refractivity contribution in [3.05, 3.63) is 12.2 Å². The second-order valence-corrected chi connectivity index (χ2v) is 10.2. The second kappa shape index (κ2) is 3.58. The van der Waals surface area contributed by atoms with Crippen molar-refractivity contribution in [1.82, 2.24) is 0 Å². The summed E-state index contributed by atoms with van der Waals surface area (Å²) in [6, 6.07) is 0. The van der Waals surface area contributed by atoms with Gasteiger partial charge in [0.2, 0.25) is 0 Å². The van der Waals surface area contributed by atoms with Crippen LogP contribution in [0.3, 0.4) is 0 Å². The van der Waals surface area contributed by atoms with Gasteiger partial charge in [-0.15, -0.1) is 18.1 Å². The molecule has 0 aliphatic heterocycles. The fourth-order valence-electron chi connectivity index (χ4n) is 1.28. The molecule has 2 heteroatoms. The summed E-state index contributed by atoms with van der Waals surface area (Å²) < 4.78 is 6.24. The third-order valence-electron chi connectivity index (χ3n) is 3.23. The largest absolute Gasteiger partial charge is 0.562 e. The molecule has 0 N–H and O–H groups in total. The summed E-state index contributed by atoms with van der Waals surface area (Å²) >= 11 is 0. The highest BCUT2D eigenvalue weighted by Gasteiger charge is 2.27. The van der Waals surface area contributed by atoms with Crippen LogP contribution in [0.15, 0.2) is 12.2 Å². The molecule has 0 atom stereocenters. The lowest BCUT2D eigenvalue weighted by atomic mass is 10.2. The summed E-state index contributed by atoms with van der Waals surface area (Å²) in [6.45, 7) is 11.5. The van der Waals surface area contributed by atoms with Gasteiger partial charge in [-0.05, 0) is 21.2 Å². The zero-order valence-corrected chi connectivity index (χ0v) is 10.6. The van der Waals surface area contributed by atoms with E-state index in [-0.39, 0.29) is 0 Å². The maximum Gasteiger partial charge on any atom is 0.0224 e. The molecule has 1 aliphatic carbocycles. The summed E-state index contributed by atoms with van der Waals surface area (Å²) in [6.07, 6.45) is 7.18. The Kier molecular flexibility index (Phi) is 3.03. The van der Waals surface area contributed by atoms with E-state index in [0.29, 0.717) is 11.1 Å². The lowest BCUT2D eigenvalue weighted by molar-refractivity contribution is 0.194. The molecule has 0 unspecified atom stereocenters. The molecular weight excluding hydrogens is 176 g/mol. The Morgan fingerprint density at radius 1 is 1.15 bits per heavy atom. The van der Waals surface area contributed by atoms with Crippen LogP contribution in [0.2, 0.25) is 18.1 Å². The normalized spacial score (nSPS) is 19.8. The minimum absolute atomic E-state index is 0.343. The maximum absolute atomic E-state index is 6.24. The molecular formula is C11H22OSi-. The number of hydrogen-bond donors (Lipinski definition) is 0. The zero-order chi connectivity index (χ0) is 10.1. The Morgan fingerprint density at radius 2 is 1.62 bits per heavy atom. The van der Waals surface area contributed by atoms with E-state index in [1.807, 2.05) is 0 Å². The van der Waals surface area contributed by atoms with Gasteiger partial charge in [0.1, 0.15) is 0 Å². The highest BCUT2D eigenvalue weighted by Crippen LogP contribution is 2.38. The molecule has 1 rings (SSSR count). The van der Waals surface area contributed by atoms with Gasteiger partial charge in [0.05, 0.1) is 0 Å². The molecule has 13 heavy (non-hydrogen) atoms. The first-order chi connectivity index (χ1) is 5.83. The van der Waals surface area contributed by atoms with Gasteiger partial charge in [-0.2, -0.15) is 0 Å². The molecule has 0 aromatic heterocycles. The molecule has 0 amide bonds. The summed E-state index contributed by atoms with van der Waals surface area (Å²) in [4.78, 5) is 0. The van der Waals surface area contributed by atoms with Crippen LogP contribution in [0, 0.1) is 0 Å². The van der Waals surface area contributed by atoms with Crippen LogP contribution in [0.5, 0.6) is 0 Å². The Morgan fingerprint density at radius 3 is 2.00 bits per heavy atom. The summed E-state index contributed by atoms with van der Waals surface area (Å²) in [5.41, 5.74) is 0. The quantitative estimate of drug-likeness (QED) is 0.485. The fourth-order valence-corrected chi connectivity index (χ4v) is 2.66. The molecule has 0 fully saturated rings. The van der Waals surface area contributed by atoms with Crippen molar-refractivity contribution < 1.29 is 4.43 Å². The fraction of sp³-hybridized carbons (Fsp3) is 0.818. The van der Waals surface area contributed by atoms with E-state index in [2.05, 4.69) is 46.0 Å². The van der Waals surface area contributed by atoms with Crippen LogP contribution in [0.25, 0.3) is 0 Å². The van der Waals surface area contributed by atoms with Crippen LogP contribution in [0.1, 0.15) is 33.6 Å². The zero-order valence-electron chi connectivity index (χ0n) is 9.55. The van der Waals surface area contributed by atoms with Gasteiger partial charge in [0.15, 0.2) is 0 Å². The molecule has 0 saturated carbocycles. The lowest BCUT2D eigenvalue weighted by Gasteiger charge is -2.50. The highest BCUT2D eigenvalue weighted by molar-refractivity contribution is 6.74. The van der Waals surface area contributed by atoms with E-state index in [0.717, 1.165) is 12.8 Å². The van der Waals surface area contributed by atoms with Gasteiger partial charge in [-0.25, -0.2) is 0 Å². The Bertz CT molecular complexity index is 193. The third kappa shape index (κ3) is 2.68. The predicted molar refractivity (Wildman–Crippen MR) is 60.4 cm³/mol. The standard InChI is InChI=1S/C11H22OSi/c1-11(2,3)13(4,5)12-10-8-6-7-9-10/h6-7,10H,8-9H2,1-5H3/q-1. The molecule has 0 heterocycles. The molecule has 0 bridgehead atoms. The first-order valence-electron chi connectivity index (χ1n) is 5.16. The van der Waals surface area contributed by atoms with Crippen molar-refractivity contribution in [2.75, 3.05) is 0 Å². The van der Waals surface area contributed by atoms with Gasteiger partial charge in [0, 0.05) is 6.10 Å². The predicted octanol–water partition coefficient (Wildman–Crippen LogP) is 3.73. The molecule has 77 valence electrons. The van der Waals surface area contributed by atoms with E-state index in [1.165, 1.54) is 0 Å². The van der Waals surface area contributed by atoms with E-state index < -0.39 is 8.32 Å². The molecule has 0 radical (unpaired) electrons. The molecule has 0 saturated heterocycles. The molecule has 0 aromatic rings. The maximum atomic E-state index is 6.24. The SMILES string of the molecule is CC(C)(C)[Si-](C)(C)OC1CC=CC1. The molecule has 0 spiro atoms. The summed E-state index contributed by atoms with van der Waals surface area (Å²) in [5, 5.41) is 0.343. The van der Waals surface area contributed by atoms with Crippen molar-refractivity contribution in [1.29, 1.82) is 0 Å².